The molecule has 1 rings (SSSR count). The second-order valence-corrected chi connectivity index (χ2v) is 3.69. The molecule has 0 fully saturated rings. The van der Waals surface area contributed by atoms with E-state index >= 15 is 0 Å². The minimum Gasteiger partial charge on any atom is -0.377 e. The van der Waals surface area contributed by atoms with Gasteiger partial charge in [-0.3, -0.25) is 0 Å². The summed E-state index contributed by atoms with van der Waals surface area (Å²) in [5.41, 5.74) is 1.48. The predicted octanol–water partition coefficient (Wildman–Crippen LogP) is 2.62. The van der Waals surface area contributed by atoms with E-state index in [0.29, 0.717) is 6.10 Å². The van der Waals surface area contributed by atoms with E-state index in [9.17, 15) is 0 Å². The van der Waals surface area contributed by atoms with Gasteiger partial charge in [0.15, 0.2) is 0 Å². The molecule has 0 saturated carbocycles. The van der Waals surface area contributed by atoms with Crippen LogP contribution < -0.4 is 0 Å². The Balaban J connectivity index is 2.68. The average Bonchev–Trinajstić information content (AvgIpc) is 1.99. The van der Waals surface area contributed by atoms with Crippen LogP contribution >= 0.6 is 0 Å². The summed E-state index contributed by atoms with van der Waals surface area (Å²) < 4.78 is 5.30. The van der Waals surface area contributed by atoms with Crippen LogP contribution in [0.3, 0.4) is 0 Å². The highest BCUT2D eigenvalue weighted by molar-refractivity contribution is 5.11. The van der Waals surface area contributed by atoms with E-state index in [0.717, 1.165) is 11.8 Å². The van der Waals surface area contributed by atoms with Crippen LogP contribution in [-0.2, 0) is 4.74 Å². The van der Waals surface area contributed by atoms with E-state index in [4.69, 9.17) is 4.74 Å². The Morgan fingerprint density at radius 1 is 1.45 bits per heavy atom. The molecule has 0 aromatic heterocycles. The second-order valence-electron chi connectivity index (χ2n) is 3.69. The lowest BCUT2D eigenvalue weighted by atomic mass is 9.80. The third-order valence-corrected chi connectivity index (χ3v) is 2.93. The van der Waals surface area contributed by atoms with Crippen LogP contribution in [0.5, 0.6) is 0 Å². The molecule has 3 unspecified atom stereocenters. The molecule has 0 amide bonds. The maximum Gasteiger partial charge on any atom is 0.0757 e. The van der Waals surface area contributed by atoms with E-state index in [2.05, 4.69) is 26.8 Å². The van der Waals surface area contributed by atoms with E-state index in [1.54, 1.807) is 7.11 Å². The molecule has 1 nitrogen and oxygen atoms in total. The summed E-state index contributed by atoms with van der Waals surface area (Å²) in [6.07, 6.45) is 3.79. The zero-order chi connectivity index (χ0) is 8.43. The predicted molar refractivity (Wildman–Crippen MR) is 47.5 cm³/mol. The summed E-state index contributed by atoms with van der Waals surface area (Å²) >= 11 is 0. The number of hydrogen-bond donors (Lipinski definition) is 0. The fourth-order valence-electron chi connectivity index (χ4n) is 1.70. The molecule has 0 aromatic rings. The molecular formula is C10H18O. The van der Waals surface area contributed by atoms with Crippen LogP contribution in [-0.4, -0.2) is 13.2 Å². The first-order valence-electron chi connectivity index (χ1n) is 4.36. The van der Waals surface area contributed by atoms with Crippen LogP contribution in [0, 0.1) is 11.8 Å². The molecule has 64 valence electrons. The first kappa shape index (κ1) is 8.79. The maximum atomic E-state index is 5.30. The molecule has 1 aliphatic rings. The Hall–Kier alpha value is -0.300. The second kappa shape index (κ2) is 3.40. The molecule has 0 N–H and O–H groups in total. The van der Waals surface area contributed by atoms with Gasteiger partial charge in [0, 0.05) is 7.11 Å². The van der Waals surface area contributed by atoms with Gasteiger partial charge in [-0.05, 0) is 25.2 Å². The van der Waals surface area contributed by atoms with E-state index in [-0.39, 0.29) is 0 Å². The number of hydrogen-bond acceptors (Lipinski definition) is 1. The summed E-state index contributed by atoms with van der Waals surface area (Å²) in [6, 6.07) is 0. The monoisotopic (exact) mass is 154 g/mol. The quantitative estimate of drug-likeness (QED) is 0.527. The molecule has 1 aliphatic carbocycles. The molecule has 0 heterocycles. The van der Waals surface area contributed by atoms with Crippen molar-refractivity contribution in [1.29, 1.82) is 0 Å². The van der Waals surface area contributed by atoms with Gasteiger partial charge in [-0.25, -0.2) is 0 Å². The van der Waals surface area contributed by atoms with Crippen LogP contribution in [0.25, 0.3) is 0 Å². The Labute approximate surface area is 69.4 Å². The normalized spacial score (nSPS) is 38.5. The third kappa shape index (κ3) is 1.84. The molecule has 0 radical (unpaired) electrons. The summed E-state index contributed by atoms with van der Waals surface area (Å²) in [7, 11) is 1.79. The molecule has 0 bridgehead atoms. The highest BCUT2D eigenvalue weighted by Crippen LogP contribution is 2.30. The third-order valence-electron chi connectivity index (χ3n) is 2.93. The van der Waals surface area contributed by atoms with Crippen molar-refractivity contribution >= 4 is 0 Å². The van der Waals surface area contributed by atoms with Crippen molar-refractivity contribution in [2.45, 2.75) is 33.3 Å². The molecule has 3 atom stereocenters. The highest BCUT2D eigenvalue weighted by atomic mass is 16.5. The molecule has 0 spiro atoms. The first-order valence-corrected chi connectivity index (χ1v) is 4.36. The standard InChI is InChI=1S/C10H18O/c1-7-5-10(11-4)6-8(2)9(7)3/h5,8-10H,6H2,1-4H3. The van der Waals surface area contributed by atoms with Crippen molar-refractivity contribution < 1.29 is 4.74 Å². The smallest absolute Gasteiger partial charge is 0.0757 e. The molecule has 0 aromatic carbocycles. The molecule has 0 saturated heterocycles. The van der Waals surface area contributed by atoms with Crippen LogP contribution in [0.15, 0.2) is 11.6 Å². The SMILES string of the molecule is COC1C=C(C)C(C)C(C)C1. The maximum absolute atomic E-state index is 5.30. The van der Waals surface area contributed by atoms with Gasteiger partial charge in [0.1, 0.15) is 0 Å². The average molecular weight is 154 g/mol. The van der Waals surface area contributed by atoms with Crippen molar-refractivity contribution in [2.24, 2.45) is 11.8 Å². The van der Waals surface area contributed by atoms with Gasteiger partial charge >= 0.3 is 0 Å². The van der Waals surface area contributed by atoms with E-state index in [1.807, 2.05) is 0 Å². The largest absolute Gasteiger partial charge is 0.377 e. The zero-order valence-corrected chi connectivity index (χ0v) is 7.92. The van der Waals surface area contributed by atoms with Gasteiger partial charge in [-0.2, -0.15) is 0 Å². The number of ether oxygens (including phenoxy) is 1. The van der Waals surface area contributed by atoms with Crippen molar-refractivity contribution in [3.63, 3.8) is 0 Å². The minimum absolute atomic E-state index is 0.362. The van der Waals surface area contributed by atoms with Gasteiger partial charge < -0.3 is 4.74 Å². The first-order chi connectivity index (χ1) is 5.15. The number of allylic oxidation sites excluding steroid dienone is 1. The zero-order valence-electron chi connectivity index (χ0n) is 7.92. The lowest BCUT2D eigenvalue weighted by molar-refractivity contribution is 0.103. The summed E-state index contributed by atoms with van der Waals surface area (Å²) in [4.78, 5) is 0. The van der Waals surface area contributed by atoms with Crippen LogP contribution in [0.2, 0.25) is 0 Å². The molecule has 0 aliphatic heterocycles. The summed E-state index contributed by atoms with van der Waals surface area (Å²) in [5.74, 6) is 1.51. The highest BCUT2D eigenvalue weighted by Gasteiger charge is 2.23. The van der Waals surface area contributed by atoms with Crippen molar-refractivity contribution in [3.8, 4) is 0 Å². The fraction of sp³-hybridized carbons (Fsp3) is 0.800. The Morgan fingerprint density at radius 2 is 2.09 bits per heavy atom. The summed E-state index contributed by atoms with van der Waals surface area (Å²) in [5, 5.41) is 0. The van der Waals surface area contributed by atoms with Crippen molar-refractivity contribution in [2.75, 3.05) is 7.11 Å². The fourth-order valence-corrected chi connectivity index (χ4v) is 1.70. The van der Waals surface area contributed by atoms with Gasteiger partial charge in [-0.1, -0.05) is 25.5 Å². The van der Waals surface area contributed by atoms with Crippen LogP contribution in [0.1, 0.15) is 27.2 Å². The minimum atomic E-state index is 0.362. The summed E-state index contributed by atoms with van der Waals surface area (Å²) in [6.45, 7) is 6.79. The van der Waals surface area contributed by atoms with Gasteiger partial charge in [0.2, 0.25) is 0 Å². The van der Waals surface area contributed by atoms with E-state index in [1.165, 1.54) is 12.0 Å². The van der Waals surface area contributed by atoms with Crippen molar-refractivity contribution in [3.05, 3.63) is 11.6 Å². The molecular weight excluding hydrogens is 136 g/mol. The van der Waals surface area contributed by atoms with E-state index < -0.39 is 0 Å². The number of methoxy groups -OCH3 is 1. The Bertz CT molecular complexity index is 160. The Morgan fingerprint density at radius 3 is 2.55 bits per heavy atom. The van der Waals surface area contributed by atoms with Gasteiger partial charge in [0.05, 0.1) is 6.10 Å². The van der Waals surface area contributed by atoms with Crippen LogP contribution in [0.4, 0.5) is 0 Å². The van der Waals surface area contributed by atoms with Gasteiger partial charge in [0.25, 0.3) is 0 Å². The molecule has 1 heteroatoms. The van der Waals surface area contributed by atoms with Gasteiger partial charge in [-0.15, -0.1) is 0 Å². The molecule has 11 heavy (non-hydrogen) atoms. The van der Waals surface area contributed by atoms with Crippen molar-refractivity contribution in [1.82, 2.24) is 0 Å². The topological polar surface area (TPSA) is 9.23 Å². The lowest BCUT2D eigenvalue weighted by Crippen LogP contribution is -2.23. The lowest BCUT2D eigenvalue weighted by Gasteiger charge is -2.29. The Kier molecular flexibility index (Phi) is 2.72. The number of rotatable bonds is 1.